The third kappa shape index (κ3) is 7.77. The van der Waals surface area contributed by atoms with E-state index in [1.54, 1.807) is 6.07 Å². The molecule has 0 saturated heterocycles. The van der Waals surface area contributed by atoms with E-state index in [2.05, 4.69) is 5.84 Å². The average Bonchev–Trinajstić information content (AvgIpc) is 2.19. The first-order valence-corrected chi connectivity index (χ1v) is 3.97. The van der Waals surface area contributed by atoms with Gasteiger partial charge >= 0.3 is 6.18 Å². The van der Waals surface area contributed by atoms with Crippen LogP contribution in [0.2, 0.25) is 0 Å². The molecule has 0 fully saturated rings. The van der Waals surface area contributed by atoms with E-state index in [1.165, 1.54) is 19.1 Å². The van der Waals surface area contributed by atoms with Gasteiger partial charge in [-0.25, -0.2) is 5.84 Å². The average molecular weight is 238 g/mol. The molecule has 92 valence electrons. The molecule has 0 atom stereocenters. The number of hydrogen-bond acceptors (Lipinski definition) is 2. The minimum absolute atomic E-state index is 0. The van der Waals surface area contributed by atoms with Gasteiger partial charge in [0.1, 0.15) is 0 Å². The number of alkyl halides is 3. The molecule has 1 aromatic carbocycles. The van der Waals surface area contributed by atoms with Crippen LogP contribution in [0.15, 0.2) is 30.3 Å². The van der Waals surface area contributed by atoms with Crippen molar-refractivity contribution in [3.63, 3.8) is 0 Å². The molecule has 0 aliphatic rings. The van der Waals surface area contributed by atoms with Crippen molar-refractivity contribution in [2.45, 2.75) is 13.1 Å². The predicted molar refractivity (Wildman–Crippen MR) is 53.1 cm³/mol. The van der Waals surface area contributed by atoms with Gasteiger partial charge in [0.2, 0.25) is 5.91 Å². The van der Waals surface area contributed by atoms with Gasteiger partial charge in [-0.2, -0.15) is 13.2 Å². The summed E-state index contributed by atoms with van der Waals surface area (Å²) in [6.45, 7) is 1.35. The van der Waals surface area contributed by atoms with Gasteiger partial charge in [0, 0.05) is 6.92 Å². The summed E-state index contributed by atoms with van der Waals surface area (Å²) in [6.07, 6.45) is -4.21. The van der Waals surface area contributed by atoms with Crippen LogP contribution < -0.4 is 11.3 Å². The predicted octanol–water partition coefficient (Wildman–Crippen LogP) is 0.877. The largest absolute Gasteiger partial charge is 0.416 e. The molecular formula is C9H13F3N2O2. The minimum atomic E-state index is -4.21. The quantitative estimate of drug-likeness (QED) is 0.399. The van der Waals surface area contributed by atoms with Gasteiger partial charge < -0.3 is 5.48 Å². The van der Waals surface area contributed by atoms with Crippen molar-refractivity contribution >= 4 is 5.91 Å². The van der Waals surface area contributed by atoms with E-state index < -0.39 is 11.7 Å². The van der Waals surface area contributed by atoms with Crippen molar-refractivity contribution < 1.29 is 23.4 Å². The van der Waals surface area contributed by atoms with Crippen LogP contribution in [0, 0.1) is 0 Å². The molecule has 1 amide bonds. The number of halogens is 3. The molecule has 0 aliphatic carbocycles. The number of amides is 1. The zero-order chi connectivity index (χ0) is 11.9. The minimum Gasteiger partial charge on any atom is -0.412 e. The first-order chi connectivity index (χ1) is 6.88. The van der Waals surface area contributed by atoms with Crippen LogP contribution in [0.5, 0.6) is 0 Å². The molecule has 0 saturated carbocycles. The summed E-state index contributed by atoms with van der Waals surface area (Å²) < 4.78 is 35.4. The highest BCUT2D eigenvalue weighted by Gasteiger charge is 2.29. The summed E-state index contributed by atoms with van der Waals surface area (Å²) in [4.78, 5) is 9.58. The summed E-state index contributed by atoms with van der Waals surface area (Å²) in [6, 6.07) is 6.36. The monoisotopic (exact) mass is 238 g/mol. The number of nitrogens with two attached hydrogens (primary N) is 1. The summed E-state index contributed by atoms with van der Waals surface area (Å²) in [5.74, 6) is 4.35. The van der Waals surface area contributed by atoms with E-state index in [9.17, 15) is 18.0 Å². The van der Waals surface area contributed by atoms with Crippen molar-refractivity contribution in [3.8, 4) is 0 Å². The maximum Gasteiger partial charge on any atom is 0.416 e. The Balaban J connectivity index is 0. The topological polar surface area (TPSA) is 86.6 Å². The first-order valence-electron chi connectivity index (χ1n) is 3.97. The molecule has 0 bridgehead atoms. The van der Waals surface area contributed by atoms with Gasteiger partial charge in [-0.3, -0.25) is 10.2 Å². The standard InChI is InChI=1S/C7H5F3.C2H6N2O.H2O/c8-7(9,10)6-4-2-1-3-5-6;1-2(5)4-3;/h1-5H;3H2,1H3,(H,4,5);1H2. The number of rotatable bonds is 0. The molecule has 1 aromatic rings. The fourth-order valence-electron chi connectivity index (χ4n) is 0.627. The highest BCUT2D eigenvalue weighted by Crippen LogP contribution is 2.28. The fourth-order valence-corrected chi connectivity index (χ4v) is 0.627. The van der Waals surface area contributed by atoms with Crippen LogP contribution >= 0.6 is 0 Å². The van der Waals surface area contributed by atoms with E-state index >= 15 is 0 Å². The number of hydrogen-bond donors (Lipinski definition) is 2. The molecular weight excluding hydrogens is 225 g/mol. The van der Waals surface area contributed by atoms with Gasteiger partial charge in [-0.15, -0.1) is 0 Å². The van der Waals surface area contributed by atoms with Crippen LogP contribution in [0.4, 0.5) is 13.2 Å². The Kier molecular flexibility index (Phi) is 8.05. The molecule has 4 nitrogen and oxygen atoms in total. The Bertz CT molecular complexity index is 301. The molecule has 5 N–H and O–H groups in total. The number of hydrazine groups is 1. The third-order valence-corrected chi connectivity index (χ3v) is 1.30. The van der Waals surface area contributed by atoms with Crippen molar-refractivity contribution in [1.82, 2.24) is 5.43 Å². The smallest absolute Gasteiger partial charge is 0.412 e. The Hall–Kier alpha value is -1.60. The highest BCUT2D eigenvalue weighted by atomic mass is 19.4. The molecule has 0 radical (unpaired) electrons. The zero-order valence-electron chi connectivity index (χ0n) is 8.51. The molecule has 0 aliphatic heterocycles. The Morgan fingerprint density at radius 1 is 1.25 bits per heavy atom. The lowest BCUT2D eigenvalue weighted by Crippen LogP contribution is -2.26. The zero-order valence-corrected chi connectivity index (χ0v) is 8.51. The lowest BCUT2D eigenvalue weighted by atomic mass is 10.2. The lowest BCUT2D eigenvalue weighted by molar-refractivity contribution is -0.137. The first kappa shape index (κ1) is 16.8. The molecule has 1 rings (SSSR count). The fraction of sp³-hybridized carbons (Fsp3) is 0.222. The Labute approximate surface area is 90.5 Å². The number of carbonyl (C=O) groups excluding carboxylic acids is 1. The normalized spacial score (nSPS) is 9.31. The van der Waals surface area contributed by atoms with E-state index in [-0.39, 0.29) is 11.4 Å². The van der Waals surface area contributed by atoms with Gasteiger partial charge in [-0.1, -0.05) is 30.3 Å². The maximum absolute atomic E-state index is 11.8. The van der Waals surface area contributed by atoms with E-state index in [0.717, 1.165) is 12.1 Å². The van der Waals surface area contributed by atoms with E-state index in [1.807, 2.05) is 5.43 Å². The van der Waals surface area contributed by atoms with Crippen molar-refractivity contribution in [1.29, 1.82) is 0 Å². The second-order valence-electron chi connectivity index (χ2n) is 2.56. The summed E-state index contributed by atoms with van der Waals surface area (Å²) in [7, 11) is 0. The van der Waals surface area contributed by atoms with Gasteiger partial charge in [0.15, 0.2) is 0 Å². The number of nitrogens with one attached hydrogen (secondary N) is 1. The van der Waals surface area contributed by atoms with Gasteiger partial charge in [0.05, 0.1) is 5.56 Å². The van der Waals surface area contributed by atoms with Crippen LogP contribution in [-0.4, -0.2) is 11.4 Å². The van der Waals surface area contributed by atoms with Crippen LogP contribution in [0.3, 0.4) is 0 Å². The molecule has 0 spiro atoms. The second kappa shape index (κ2) is 7.66. The van der Waals surface area contributed by atoms with Crippen molar-refractivity contribution in [3.05, 3.63) is 35.9 Å². The molecule has 7 heteroatoms. The molecule has 16 heavy (non-hydrogen) atoms. The SMILES string of the molecule is CC(=O)NN.FC(F)(F)c1ccccc1.O. The Morgan fingerprint density at radius 2 is 1.62 bits per heavy atom. The summed E-state index contributed by atoms with van der Waals surface area (Å²) in [5, 5.41) is 0. The lowest BCUT2D eigenvalue weighted by Gasteiger charge is -2.03. The number of carbonyl (C=O) groups is 1. The molecule has 0 aromatic heterocycles. The highest BCUT2D eigenvalue weighted by molar-refractivity contribution is 5.71. The van der Waals surface area contributed by atoms with Gasteiger partial charge in [0.25, 0.3) is 0 Å². The van der Waals surface area contributed by atoms with E-state index in [4.69, 9.17) is 0 Å². The third-order valence-electron chi connectivity index (χ3n) is 1.30. The number of benzene rings is 1. The summed E-state index contributed by atoms with van der Waals surface area (Å²) in [5.41, 5.74) is 1.29. The van der Waals surface area contributed by atoms with Crippen LogP contribution in [-0.2, 0) is 11.0 Å². The molecule has 0 unspecified atom stereocenters. The maximum atomic E-state index is 11.8. The van der Waals surface area contributed by atoms with Crippen LogP contribution in [0.1, 0.15) is 12.5 Å². The van der Waals surface area contributed by atoms with Crippen LogP contribution in [0.25, 0.3) is 0 Å². The molecule has 0 heterocycles. The van der Waals surface area contributed by atoms with Gasteiger partial charge in [-0.05, 0) is 0 Å². The van der Waals surface area contributed by atoms with Crippen molar-refractivity contribution in [2.75, 3.05) is 0 Å². The van der Waals surface area contributed by atoms with E-state index in [0.29, 0.717) is 0 Å². The second-order valence-corrected chi connectivity index (χ2v) is 2.56. The van der Waals surface area contributed by atoms with Crippen molar-refractivity contribution in [2.24, 2.45) is 5.84 Å². The summed E-state index contributed by atoms with van der Waals surface area (Å²) >= 11 is 0. The Morgan fingerprint density at radius 3 is 1.81 bits per heavy atom.